The highest BCUT2D eigenvalue weighted by atomic mass is 35.5. The Labute approximate surface area is 198 Å². The maximum Gasteiger partial charge on any atom is 0.303 e. The zero-order valence-corrected chi connectivity index (χ0v) is 19.3. The molecule has 0 amide bonds. The lowest BCUT2D eigenvalue weighted by molar-refractivity contribution is -0.384. The van der Waals surface area contributed by atoms with E-state index in [1.54, 1.807) is 0 Å². The molecule has 1 fully saturated rings. The zero-order chi connectivity index (χ0) is 25.6. The highest BCUT2D eigenvalue weighted by Gasteiger charge is 2.53. The molecule has 14 heteroatoms. The van der Waals surface area contributed by atoms with Gasteiger partial charge in [0.15, 0.2) is 12.2 Å². The number of nitrogens with zero attached hydrogens (tertiary/aromatic N) is 1. The van der Waals surface area contributed by atoms with Crippen LogP contribution in [0.1, 0.15) is 27.7 Å². The lowest BCUT2D eigenvalue weighted by Crippen LogP contribution is -2.63. The number of carbonyl (C=O) groups is 4. The number of nitro groups is 1. The summed E-state index contributed by atoms with van der Waals surface area (Å²) in [6.07, 6.45) is -6.98. The van der Waals surface area contributed by atoms with E-state index in [0.717, 1.165) is 39.8 Å². The molecule has 1 aliphatic rings. The average Bonchev–Trinajstić information content (AvgIpc) is 2.71. The van der Waals surface area contributed by atoms with Crippen LogP contribution in [0.2, 0.25) is 5.02 Å². The van der Waals surface area contributed by atoms with Crippen LogP contribution >= 0.6 is 11.6 Å². The van der Waals surface area contributed by atoms with Gasteiger partial charge in [-0.05, 0) is 6.07 Å². The van der Waals surface area contributed by atoms with Crippen LogP contribution in [0.15, 0.2) is 18.2 Å². The van der Waals surface area contributed by atoms with E-state index in [0.29, 0.717) is 0 Å². The van der Waals surface area contributed by atoms with Gasteiger partial charge in [0.2, 0.25) is 12.4 Å². The molecule has 0 spiro atoms. The third-order valence-electron chi connectivity index (χ3n) is 4.32. The molecule has 13 nitrogen and oxygen atoms in total. The van der Waals surface area contributed by atoms with Crippen LogP contribution in [0.25, 0.3) is 0 Å². The van der Waals surface area contributed by atoms with Crippen molar-refractivity contribution < 1.29 is 52.5 Å². The van der Waals surface area contributed by atoms with Crippen LogP contribution in [0.3, 0.4) is 0 Å². The molecule has 0 aliphatic carbocycles. The van der Waals surface area contributed by atoms with Crippen LogP contribution in [-0.2, 0) is 42.9 Å². The fraction of sp³-hybridized carbons (Fsp3) is 0.500. The number of hydrogen-bond donors (Lipinski definition) is 0. The average molecular weight is 504 g/mol. The standard InChI is InChI=1S/C20H22ClNO12/c1-9(23)29-8-16-17(30-10(2)24)18(31-11(3)25)19(32-12(4)26)20(34-16)33-15-6-5-13(22(27)28)7-14(15)21/h5-7,16-20H,8H2,1-4H3/t16-,17+,18-,19-,20-/m0/s1. The normalized spacial score (nSPS) is 23.9. The third-order valence-corrected chi connectivity index (χ3v) is 4.61. The number of benzene rings is 1. The fourth-order valence-corrected chi connectivity index (χ4v) is 3.33. The summed E-state index contributed by atoms with van der Waals surface area (Å²) in [5.41, 5.74) is -0.307. The second-order valence-electron chi connectivity index (χ2n) is 7.06. The van der Waals surface area contributed by atoms with Crippen molar-refractivity contribution in [2.24, 2.45) is 0 Å². The Hall–Kier alpha value is -3.45. The molecule has 1 aliphatic heterocycles. The number of halogens is 1. The molecule has 34 heavy (non-hydrogen) atoms. The Morgan fingerprint density at radius 3 is 2.00 bits per heavy atom. The van der Waals surface area contributed by atoms with Crippen molar-refractivity contribution in [2.75, 3.05) is 6.61 Å². The van der Waals surface area contributed by atoms with E-state index in [4.69, 9.17) is 40.0 Å². The quantitative estimate of drug-likeness (QED) is 0.218. The monoisotopic (exact) mass is 503 g/mol. The molecule has 0 bridgehead atoms. The number of ether oxygens (including phenoxy) is 6. The first-order valence-electron chi connectivity index (χ1n) is 9.80. The van der Waals surface area contributed by atoms with Crippen molar-refractivity contribution in [3.63, 3.8) is 0 Å². The molecule has 0 N–H and O–H groups in total. The number of nitro benzene ring substituents is 1. The molecular weight excluding hydrogens is 482 g/mol. The van der Waals surface area contributed by atoms with Crippen molar-refractivity contribution in [2.45, 2.75) is 58.4 Å². The molecule has 1 aromatic carbocycles. The summed E-state index contributed by atoms with van der Waals surface area (Å²) >= 11 is 6.09. The number of non-ortho nitro benzene ring substituents is 1. The van der Waals surface area contributed by atoms with Crippen LogP contribution in [0, 0.1) is 10.1 Å². The van der Waals surface area contributed by atoms with E-state index in [9.17, 15) is 29.3 Å². The molecular formula is C20H22ClNO12. The van der Waals surface area contributed by atoms with E-state index in [2.05, 4.69) is 0 Å². The smallest absolute Gasteiger partial charge is 0.303 e. The molecule has 1 aromatic rings. The van der Waals surface area contributed by atoms with Crippen LogP contribution in [-0.4, -0.2) is 66.1 Å². The van der Waals surface area contributed by atoms with Gasteiger partial charge in [0.05, 0.1) is 9.95 Å². The predicted molar refractivity (Wildman–Crippen MR) is 111 cm³/mol. The molecule has 5 atom stereocenters. The minimum Gasteiger partial charge on any atom is -0.463 e. The van der Waals surface area contributed by atoms with Gasteiger partial charge in [0, 0.05) is 39.8 Å². The molecule has 0 aromatic heterocycles. The van der Waals surface area contributed by atoms with Gasteiger partial charge in [-0.1, -0.05) is 11.6 Å². The highest BCUT2D eigenvalue weighted by molar-refractivity contribution is 6.32. The third kappa shape index (κ3) is 7.28. The molecule has 0 unspecified atom stereocenters. The molecule has 1 heterocycles. The van der Waals surface area contributed by atoms with Crippen molar-refractivity contribution in [3.05, 3.63) is 33.3 Å². The number of rotatable bonds is 8. The summed E-state index contributed by atoms with van der Waals surface area (Å²) in [5.74, 6) is -3.16. The molecule has 0 saturated carbocycles. The lowest BCUT2D eigenvalue weighted by Gasteiger charge is -2.43. The Morgan fingerprint density at radius 1 is 0.941 bits per heavy atom. The highest BCUT2D eigenvalue weighted by Crippen LogP contribution is 2.34. The van der Waals surface area contributed by atoms with Gasteiger partial charge in [0.1, 0.15) is 18.5 Å². The fourth-order valence-electron chi connectivity index (χ4n) is 3.11. The topological polar surface area (TPSA) is 167 Å². The van der Waals surface area contributed by atoms with Crippen molar-refractivity contribution >= 4 is 41.2 Å². The van der Waals surface area contributed by atoms with Gasteiger partial charge in [0.25, 0.3) is 5.69 Å². The summed E-state index contributed by atoms with van der Waals surface area (Å²) in [6, 6.07) is 3.34. The van der Waals surface area contributed by atoms with Gasteiger partial charge < -0.3 is 28.4 Å². The SMILES string of the molecule is CC(=O)OC[C@@H]1O[C@H](Oc2ccc([N+](=O)[O-])cc2Cl)[C@@H](OC(C)=O)[C@@H](OC(C)=O)[C@@H]1OC(C)=O. The molecule has 0 radical (unpaired) electrons. The van der Waals surface area contributed by atoms with E-state index >= 15 is 0 Å². The molecule has 1 saturated heterocycles. The minimum atomic E-state index is -1.51. The Morgan fingerprint density at radius 2 is 1.50 bits per heavy atom. The van der Waals surface area contributed by atoms with Crippen LogP contribution < -0.4 is 4.74 Å². The maximum atomic E-state index is 11.8. The van der Waals surface area contributed by atoms with Gasteiger partial charge in [-0.3, -0.25) is 29.3 Å². The van der Waals surface area contributed by atoms with Gasteiger partial charge in [-0.25, -0.2) is 0 Å². The Balaban J connectivity index is 2.49. The number of carbonyl (C=O) groups excluding carboxylic acids is 4. The van der Waals surface area contributed by atoms with Gasteiger partial charge >= 0.3 is 23.9 Å². The van der Waals surface area contributed by atoms with Crippen molar-refractivity contribution in [1.82, 2.24) is 0 Å². The van der Waals surface area contributed by atoms with Crippen molar-refractivity contribution in [3.8, 4) is 5.75 Å². The van der Waals surface area contributed by atoms with E-state index in [1.165, 1.54) is 6.07 Å². The van der Waals surface area contributed by atoms with E-state index in [-0.39, 0.29) is 16.5 Å². The molecule has 2 rings (SSSR count). The summed E-state index contributed by atoms with van der Waals surface area (Å²) in [6.45, 7) is 3.95. The van der Waals surface area contributed by atoms with Crippen LogP contribution in [0.4, 0.5) is 5.69 Å². The Kier molecular flexibility index (Phi) is 9.15. The lowest BCUT2D eigenvalue weighted by atomic mass is 9.98. The number of esters is 4. The summed E-state index contributed by atoms with van der Waals surface area (Å²) in [7, 11) is 0. The van der Waals surface area contributed by atoms with Crippen LogP contribution in [0.5, 0.6) is 5.75 Å². The predicted octanol–water partition coefficient (Wildman–Crippen LogP) is 1.71. The Bertz CT molecular complexity index is 967. The van der Waals surface area contributed by atoms with Crippen molar-refractivity contribution in [1.29, 1.82) is 0 Å². The first-order chi connectivity index (χ1) is 15.9. The van der Waals surface area contributed by atoms with E-state index < -0.39 is 66.1 Å². The van der Waals surface area contributed by atoms with E-state index in [1.807, 2.05) is 0 Å². The largest absolute Gasteiger partial charge is 0.463 e. The molecule has 186 valence electrons. The second-order valence-corrected chi connectivity index (χ2v) is 7.46. The van der Waals surface area contributed by atoms with Gasteiger partial charge in [-0.15, -0.1) is 0 Å². The zero-order valence-electron chi connectivity index (χ0n) is 18.6. The maximum absolute atomic E-state index is 11.8. The second kappa shape index (κ2) is 11.6. The van der Waals surface area contributed by atoms with Gasteiger partial charge in [-0.2, -0.15) is 0 Å². The summed E-state index contributed by atoms with van der Waals surface area (Å²) in [4.78, 5) is 57.0. The minimum absolute atomic E-state index is 0.0897. The first-order valence-corrected chi connectivity index (χ1v) is 10.2. The summed E-state index contributed by atoms with van der Waals surface area (Å²) in [5, 5.41) is 10.8. The summed E-state index contributed by atoms with van der Waals surface area (Å²) < 4.78 is 32.2. The first kappa shape index (κ1) is 26.8. The number of hydrogen-bond acceptors (Lipinski definition) is 12.